The van der Waals surface area contributed by atoms with Crippen LogP contribution in [0.15, 0.2) is 0 Å². The van der Waals surface area contributed by atoms with Crippen LogP contribution in [0.25, 0.3) is 0 Å². The molecular weight excluding hydrogens is 282 g/mol. The van der Waals surface area contributed by atoms with E-state index in [2.05, 4.69) is 0 Å². The first kappa shape index (κ1) is 18.0. The van der Waals surface area contributed by atoms with Gasteiger partial charge in [0.2, 0.25) is 0 Å². The van der Waals surface area contributed by atoms with Crippen LogP contribution >= 0.6 is 0 Å². The van der Waals surface area contributed by atoms with E-state index in [1.165, 1.54) is 0 Å². The summed E-state index contributed by atoms with van der Waals surface area (Å²) in [7, 11) is -3.03. The molecule has 3 unspecified atom stereocenters. The van der Waals surface area contributed by atoms with Crippen molar-refractivity contribution < 1.29 is 27.6 Å². The van der Waals surface area contributed by atoms with Crippen LogP contribution < -0.4 is 5.90 Å². The standard InChI is InChI=1S/C12H27NO6Si/c1-5-16-20(17-6-2,18-7-3)12(10(4)19-13)15-9-11-8-14-11/h10-12H,5-9,13H2,1-4H3. The van der Waals surface area contributed by atoms with Crippen LogP contribution in [0.3, 0.4) is 0 Å². The summed E-state index contributed by atoms with van der Waals surface area (Å²) in [5.74, 6) is 5.32. The summed E-state index contributed by atoms with van der Waals surface area (Å²) < 4.78 is 28.6. The molecule has 0 aromatic heterocycles. The van der Waals surface area contributed by atoms with E-state index in [0.717, 1.165) is 6.61 Å². The van der Waals surface area contributed by atoms with E-state index in [0.29, 0.717) is 26.4 Å². The second-order valence-electron chi connectivity index (χ2n) is 4.45. The number of nitrogens with two attached hydrogens (primary N) is 1. The molecular formula is C12H27NO6Si. The van der Waals surface area contributed by atoms with Gasteiger partial charge in [0.05, 0.1) is 13.2 Å². The van der Waals surface area contributed by atoms with Gasteiger partial charge in [-0.25, -0.2) is 5.90 Å². The van der Waals surface area contributed by atoms with E-state index >= 15 is 0 Å². The Labute approximate surface area is 121 Å². The molecule has 0 amide bonds. The molecule has 0 radical (unpaired) electrons. The lowest BCUT2D eigenvalue weighted by atomic mass is 10.4. The first-order valence-electron chi connectivity index (χ1n) is 7.14. The molecule has 0 saturated carbocycles. The zero-order chi connectivity index (χ0) is 15.0. The second-order valence-corrected chi connectivity index (χ2v) is 7.10. The number of hydrogen-bond acceptors (Lipinski definition) is 7. The molecule has 0 aromatic rings. The Balaban J connectivity index is 2.84. The SMILES string of the molecule is CCO[Si](OCC)(OCC)C(OCC1CO1)C(C)ON. The Morgan fingerprint density at radius 3 is 2.00 bits per heavy atom. The molecule has 2 N–H and O–H groups in total. The maximum absolute atomic E-state index is 5.90. The van der Waals surface area contributed by atoms with Crippen molar-refractivity contribution in [1.29, 1.82) is 0 Å². The summed E-state index contributed by atoms with van der Waals surface area (Å²) in [6.45, 7) is 10.1. The molecule has 8 heteroatoms. The summed E-state index contributed by atoms with van der Waals surface area (Å²) in [5.41, 5.74) is -0.475. The lowest BCUT2D eigenvalue weighted by Gasteiger charge is -2.36. The van der Waals surface area contributed by atoms with Gasteiger partial charge in [0.25, 0.3) is 0 Å². The molecule has 120 valence electrons. The number of rotatable bonds is 12. The summed E-state index contributed by atoms with van der Waals surface area (Å²) in [4.78, 5) is 4.94. The van der Waals surface area contributed by atoms with Gasteiger partial charge in [-0.05, 0) is 27.7 Å². The molecule has 1 aliphatic heterocycles. The second kappa shape index (κ2) is 9.06. The van der Waals surface area contributed by atoms with E-state index in [1.54, 1.807) is 0 Å². The summed E-state index contributed by atoms with van der Waals surface area (Å²) in [6.07, 6.45) is -0.260. The average molecular weight is 309 g/mol. The van der Waals surface area contributed by atoms with Crippen molar-refractivity contribution in [3.8, 4) is 0 Å². The fourth-order valence-corrected chi connectivity index (χ4v) is 4.85. The van der Waals surface area contributed by atoms with E-state index in [-0.39, 0.29) is 6.10 Å². The zero-order valence-electron chi connectivity index (χ0n) is 12.8. The third kappa shape index (κ3) is 5.04. The van der Waals surface area contributed by atoms with E-state index in [1.807, 2.05) is 27.7 Å². The van der Waals surface area contributed by atoms with Gasteiger partial charge in [0.15, 0.2) is 5.73 Å². The number of epoxide rings is 1. The van der Waals surface area contributed by atoms with Gasteiger partial charge >= 0.3 is 8.80 Å². The molecule has 1 aliphatic rings. The average Bonchev–Trinajstić information content (AvgIpc) is 3.23. The van der Waals surface area contributed by atoms with Crippen LogP contribution in [0.4, 0.5) is 0 Å². The molecule has 0 aliphatic carbocycles. The maximum atomic E-state index is 5.90. The van der Waals surface area contributed by atoms with E-state index in [9.17, 15) is 0 Å². The Morgan fingerprint density at radius 2 is 1.65 bits per heavy atom. The molecule has 20 heavy (non-hydrogen) atoms. The highest BCUT2D eigenvalue weighted by atomic mass is 28.4. The molecule has 0 aromatic carbocycles. The molecule has 3 atom stereocenters. The minimum Gasteiger partial charge on any atom is -0.372 e. The van der Waals surface area contributed by atoms with E-state index in [4.69, 9.17) is 33.5 Å². The Kier molecular flexibility index (Phi) is 8.15. The van der Waals surface area contributed by atoms with Crippen LogP contribution in [-0.4, -0.2) is 59.8 Å². The smallest absolute Gasteiger partial charge is 0.372 e. The highest BCUT2D eigenvalue weighted by Crippen LogP contribution is 2.23. The Morgan fingerprint density at radius 1 is 1.15 bits per heavy atom. The zero-order valence-corrected chi connectivity index (χ0v) is 13.8. The highest BCUT2D eigenvalue weighted by Gasteiger charge is 2.54. The van der Waals surface area contributed by atoms with Gasteiger partial charge in [-0.1, -0.05) is 0 Å². The van der Waals surface area contributed by atoms with Crippen LogP contribution in [0.1, 0.15) is 27.7 Å². The van der Waals surface area contributed by atoms with Gasteiger partial charge in [-0.15, -0.1) is 0 Å². The van der Waals surface area contributed by atoms with Gasteiger partial charge in [-0.2, -0.15) is 0 Å². The van der Waals surface area contributed by atoms with Crippen LogP contribution in [-0.2, 0) is 27.6 Å². The van der Waals surface area contributed by atoms with Crippen molar-refractivity contribution in [2.45, 2.75) is 45.6 Å². The monoisotopic (exact) mass is 309 g/mol. The van der Waals surface area contributed by atoms with Crippen LogP contribution in [0.5, 0.6) is 0 Å². The molecule has 1 heterocycles. The summed E-state index contributed by atoms with van der Waals surface area (Å²) in [6, 6.07) is 0. The van der Waals surface area contributed by atoms with Crippen molar-refractivity contribution >= 4 is 8.80 Å². The Hall–Kier alpha value is -0.0631. The van der Waals surface area contributed by atoms with Gasteiger partial charge in [-0.3, -0.25) is 4.84 Å². The van der Waals surface area contributed by atoms with Gasteiger partial charge < -0.3 is 22.8 Å². The van der Waals surface area contributed by atoms with Crippen LogP contribution in [0, 0.1) is 0 Å². The molecule has 1 rings (SSSR count). The van der Waals surface area contributed by atoms with Gasteiger partial charge in [0, 0.05) is 19.8 Å². The molecule has 0 spiro atoms. The highest BCUT2D eigenvalue weighted by molar-refractivity contribution is 6.62. The fourth-order valence-electron chi connectivity index (χ4n) is 1.95. The lowest BCUT2D eigenvalue weighted by molar-refractivity contribution is -0.0817. The van der Waals surface area contributed by atoms with Gasteiger partial charge in [0.1, 0.15) is 12.2 Å². The first-order valence-corrected chi connectivity index (χ1v) is 8.94. The normalized spacial score (nSPS) is 21.8. The molecule has 7 nitrogen and oxygen atoms in total. The molecule has 0 bridgehead atoms. The predicted octanol–water partition coefficient (Wildman–Crippen LogP) is 0.637. The quantitative estimate of drug-likeness (QED) is 0.322. The third-order valence-electron chi connectivity index (χ3n) is 2.89. The third-order valence-corrected chi connectivity index (χ3v) is 6.30. The minimum atomic E-state index is -3.03. The molecule has 1 saturated heterocycles. The molecule has 1 fully saturated rings. The van der Waals surface area contributed by atoms with Crippen molar-refractivity contribution in [3.05, 3.63) is 0 Å². The Bertz CT molecular complexity index is 249. The number of ether oxygens (including phenoxy) is 2. The van der Waals surface area contributed by atoms with Crippen molar-refractivity contribution in [2.75, 3.05) is 33.0 Å². The van der Waals surface area contributed by atoms with Crippen LogP contribution in [0.2, 0.25) is 0 Å². The van der Waals surface area contributed by atoms with Crippen molar-refractivity contribution in [2.24, 2.45) is 5.90 Å². The largest absolute Gasteiger partial charge is 0.534 e. The topological polar surface area (TPSA) is 84.7 Å². The van der Waals surface area contributed by atoms with Crippen molar-refractivity contribution in [3.63, 3.8) is 0 Å². The summed E-state index contributed by atoms with van der Waals surface area (Å²) >= 11 is 0. The lowest BCUT2D eigenvalue weighted by Crippen LogP contribution is -2.62. The van der Waals surface area contributed by atoms with E-state index < -0.39 is 20.6 Å². The van der Waals surface area contributed by atoms with Crippen molar-refractivity contribution in [1.82, 2.24) is 0 Å². The minimum absolute atomic E-state index is 0.138. The first-order chi connectivity index (χ1) is 9.63. The maximum Gasteiger partial charge on any atom is 0.534 e. The fraction of sp³-hybridized carbons (Fsp3) is 1.00. The predicted molar refractivity (Wildman–Crippen MR) is 74.8 cm³/mol. The number of hydrogen-bond donors (Lipinski definition) is 1. The summed E-state index contributed by atoms with van der Waals surface area (Å²) in [5, 5.41) is 0.